The summed E-state index contributed by atoms with van der Waals surface area (Å²) in [6, 6.07) is 4.57. The molecule has 1 aliphatic heterocycles. The van der Waals surface area contributed by atoms with E-state index in [9.17, 15) is 0 Å². The highest BCUT2D eigenvalue weighted by molar-refractivity contribution is 6.74. The Morgan fingerprint density at radius 2 is 1.90 bits per heavy atom. The van der Waals surface area contributed by atoms with Gasteiger partial charge in [0.25, 0.3) is 0 Å². The molecule has 1 N–H and O–H groups in total. The fraction of sp³-hybridized carbons (Fsp3) is 0.548. The average Bonchev–Trinajstić information content (AvgIpc) is 3.68. The van der Waals surface area contributed by atoms with Crippen molar-refractivity contribution in [2.45, 2.75) is 91.5 Å². The van der Waals surface area contributed by atoms with E-state index >= 15 is 0 Å². The van der Waals surface area contributed by atoms with E-state index < -0.39 is 8.32 Å². The molecule has 0 bridgehead atoms. The van der Waals surface area contributed by atoms with Crippen molar-refractivity contribution in [3.8, 4) is 11.4 Å². The molecule has 0 radical (unpaired) electrons. The molecule has 1 aliphatic rings. The Balaban J connectivity index is 1.47. The molecule has 42 heavy (non-hydrogen) atoms. The average molecular weight is 591 g/mol. The smallest absolute Gasteiger partial charge is 0.232 e. The molecule has 0 unspecified atom stereocenters. The predicted octanol–water partition coefficient (Wildman–Crippen LogP) is 6.95. The number of nitrogens with zero attached hydrogens (tertiary/aromatic N) is 7. The Bertz CT molecular complexity index is 1570. The number of imidazole rings is 1. The topological polar surface area (TPSA) is 95.1 Å². The van der Waals surface area contributed by atoms with Crippen LogP contribution in [0.15, 0.2) is 30.9 Å². The van der Waals surface area contributed by atoms with Crippen molar-refractivity contribution in [1.82, 2.24) is 29.3 Å². The standard InChI is InChI=1S/C31H46N8O2Si/c1-20(2)39-29-25(16-33-39)28(38-13-11-12-23(38)18-41-42(9,10)31(5,6)7)35-30(36-29)34-27-17-37(19-32-27)24-14-21(3)22(4)26(15-24)40-8/h14-17,19-20,23H,11-13,18H2,1-10H3,(H,34,35,36)/t23-/m0/s1. The normalized spacial score (nSPS) is 16.2. The number of ether oxygens (including phenoxy) is 1. The first-order valence-electron chi connectivity index (χ1n) is 14.9. The number of rotatable bonds is 9. The fourth-order valence-electron chi connectivity index (χ4n) is 5.19. The summed E-state index contributed by atoms with van der Waals surface area (Å²) in [6.45, 7) is 21.5. The maximum absolute atomic E-state index is 6.68. The van der Waals surface area contributed by atoms with Crippen LogP contribution in [0, 0.1) is 13.8 Å². The molecule has 226 valence electrons. The van der Waals surface area contributed by atoms with Gasteiger partial charge in [0.2, 0.25) is 5.95 Å². The van der Waals surface area contributed by atoms with Crippen molar-refractivity contribution < 1.29 is 9.16 Å². The first kappa shape index (κ1) is 30.0. The summed E-state index contributed by atoms with van der Waals surface area (Å²) >= 11 is 0. The minimum atomic E-state index is -1.87. The Morgan fingerprint density at radius 3 is 2.60 bits per heavy atom. The van der Waals surface area contributed by atoms with Gasteiger partial charge in [-0.05, 0) is 75.9 Å². The Labute approximate surface area is 250 Å². The van der Waals surface area contributed by atoms with Crippen LogP contribution in [-0.2, 0) is 4.43 Å². The van der Waals surface area contributed by atoms with Gasteiger partial charge in [0.05, 0.1) is 43.2 Å². The summed E-state index contributed by atoms with van der Waals surface area (Å²) in [5.74, 6) is 2.91. The fourth-order valence-corrected chi connectivity index (χ4v) is 6.23. The number of benzene rings is 1. The zero-order valence-electron chi connectivity index (χ0n) is 26.8. The van der Waals surface area contributed by atoms with Crippen molar-refractivity contribution >= 4 is 36.9 Å². The lowest BCUT2D eigenvalue weighted by Crippen LogP contribution is -2.45. The van der Waals surface area contributed by atoms with Crippen LogP contribution in [-0.4, -0.2) is 63.9 Å². The van der Waals surface area contributed by atoms with Gasteiger partial charge in [-0.2, -0.15) is 15.1 Å². The molecule has 1 aromatic carbocycles. The summed E-state index contributed by atoms with van der Waals surface area (Å²) in [7, 11) is -0.176. The zero-order valence-corrected chi connectivity index (χ0v) is 27.8. The lowest BCUT2D eigenvalue weighted by Gasteiger charge is -2.38. The maximum Gasteiger partial charge on any atom is 0.232 e. The van der Waals surface area contributed by atoms with Gasteiger partial charge in [-0.3, -0.25) is 0 Å². The number of aromatic nitrogens is 6. The van der Waals surface area contributed by atoms with Crippen LogP contribution >= 0.6 is 0 Å². The number of hydrogen-bond acceptors (Lipinski definition) is 8. The highest BCUT2D eigenvalue weighted by Crippen LogP contribution is 2.38. The molecule has 11 heteroatoms. The van der Waals surface area contributed by atoms with Gasteiger partial charge >= 0.3 is 0 Å². The molecule has 10 nitrogen and oxygen atoms in total. The Kier molecular flexibility index (Phi) is 8.10. The van der Waals surface area contributed by atoms with Gasteiger partial charge in [-0.15, -0.1) is 0 Å². The Morgan fingerprint density at radius 1 is 1.14 bits per heavy atom. The third-order valence-corrected chi connectivity index (χ3v) is 13.5. The van der Waals surface area contributed by atoms with E-state index in [-0.39, 0.29) is 17.1 Å². The third kappa shape index (κ3) is 5.76. The molecule has 4 heterocycles. The largest absolute Gasteiger partial charge is 0.496 e. The van der Waals surface area contributed by atoms with Crippen LogP contribution in [0.25, 0.3) is 16.7 Å². The highest BCUT2D eigenvalue weighted by Gasteiger charge is 2.39. The van der Waals surface area contributed by atoms with Gasteiger partial charge < -0.3 is 23.9 Å². The van der Waals surface area contributed by atoms with Crippen LogP contribution in [0.1, 0.15) is 64.6 Å². The van der Waals surface area contributed by atoms with E-state index in [1.54, 1.807) is 13.4 Å². The molecule has 1 saturated heterocycles. The third-order valence-electron chi connectivity index (χ3n) is 8.96. The van der Waals surface area contributed by atoms with E-state index in [1.165, 1.54) is 0 Å². The lowest BCUT2D eigenvalue weighted by molar-refractivity contribution is 0.263. The van der Waals surface area contributed by atoms with Gasteiger partial charge in [0.1, 0.15) is 17.9 Å². The molecule has 1 atom stereocenters. The van der Waals surface area contributed by atoms with Crippen LogP contribution in [0.5, 0.6) is 5.75 Å². The molecule has 0 saturated carbocycles. The van der Waals surface area contributed by atoms with Gasteiger partial charge in [0, 0.05) is 18.7 Å². The molecule has 0 aliphatic carbocycles. The second kappa shape index (κ2) is 11.3. The van der Waals surface area contributed by atoms with Crippen molar-refractivity contribution in [3.05, 3.63) is 42.0 Å². The summed E-state index contributed by atoms with van der Waals surface area (Å²) in [5, 5.41) is 9.20. The summed E-state index contributed by atoms with van der Waals surface area (Å²) in [6.07, 6.45) is 7.81. The van der Waals surface area contributed by atoms with E-state index in [2.05, 4.69) is 82.8 Å². The molecule has 0 amide bonds. The molecule has 1 fully saturated rings. The molecule has 0 spiro atoms. The molecular formula is C31H46N8O2Si. The van der Waals surface area contributed by atoms with Crippen molar-refractivity contribution in [2.24, 2.45) is 0 Å². The SMILES string of the molecule is COc1cc(-n2cnc(Nc3nc(N4CCC[C@H]4CO[Si](C)(C)C(C)(C)C)c4cnn(C(C)C)c4n3)c2)cc(C)c1C. The van der Waals surface area contributed by atoms with Crippen LogP contribution in [0.3, 0.4) is 0 Å². The lowest BCUT2D eigenvalue weighted by atomic mass is 10.1. The van der Waals surface area contributed by atoms with E-state index in [0.717, 1.165) is 58.8 Å². The summed E-state index contributed by atoms with van der Waals surface area (Å²) in [5.41, 5.74) is 4.08. The molecule has 5 rings (SSSR count). The number of nitrogens with one attached hydrogen (secondary N) is 1. The van der Waals surface area contributed by atoms with Crippen LogP contribution in [0.2, 0.25) is 18.1 Å². The minimum absolute atomic E-state index is 0.161. The first-order chi connectivity index (χ1) is 19.8. The quantitative estimate of drug-likeness (QED) is 0.209. The monoisotopic (exact) mass is 590 g/mol. The van der Waals surface area contributed by atoms with Gasteiger partial charge in [-0.1, -0.05) is 20.8 Å². The predicted molar refractivity (Wildman–Crippen MR) is 172 cm³/mol. The zero-order chi connectivity index (χ0) is 30.4. The summed E-state index contributed by atoms with van der Waals surface area (Å²) in [4.78, 5) is 17.0. The number of methoxy groups -OCH3 is 1. The van der Waals surface area contributed by atoms with E-state index in [4.69, 9.17) is 24.2 Å². The van der Waals surface area contributed by atoms with Crippen molar-refractivity contribution in [1.29, 1.82) is 0 Å². The van der Waals surface area contributed by atoms with E-state index in [1.807, 2.05) is 27.7 Å². The summed E-state index contributed by atoms with van der Waals surface area (Å²) < 4.78 is 16.2. The van der Waals surface area contributed by atoms with Gasteiger partial charge in [-0.25, -0.2) is 9.67 Å². The van der Waals surface area contributed by atoms with Crippen LogP contribution < -0.4 is 15.0 Å². The van der Waals surface area contributed by atoms with Crippen LogP contribution in [0.4, 0.5) is 17.6 Å². The van der Waals surface area contributed by atoms with Gasteiger partial charge in [0.15, 0.2) is 19.8 Å². The second-order valence-electron chi connectivity index (χ2n) is 13.2. The second-order valence-corrected chi connectivity index (χ2v) is 18.0. The minimum Gasteiger partial charge on any atom is -0.496 e. The molecule has 4 aromatic rings. The highest BCUT2D eigenvalue weighted by atomic mass is 28.4. The molecule has 3 aromatic heterocycles. The number of aryl methyl sites for hydroxylation is 1. The van der Waals surface area contributed by atoms with Crippen molar-refractivity contribution in [3.63, 3.8) is 0 Å². The number of anilines is 3. The first-order valence-corrected chi connectivity index (χ1v) is 17.8. The maximum atomic E-state index is 6.68. The number of hydrogen-bond donors (Lipinski definition) is 1. The van der Waals surface area contributed by atoms with E-state index in [0.29, 0.717) is 18.4 Å². The number of fused-ring (bicyclic) bond motifs is 1. The molecular weight excluding hydrogens is 544 g/mol. The van der Waals surface area contributed by atoms with Crippen molar-refractivity contribution in [2.75, 3.05) is 30.5 Å². The Hall–Kier alpha value is -3.44.